The molecule has 4 nitrogen and oxygen atoms in total. The first-order chi connectivity index (χ1) is 4.20. The SMILES string of the molecule is NC(=O)n1ccc(O)c1. The van der Waals surface area contributed by atoms with Gasteiger partial charge in [0, 0.05) is 6.20 Å². The first-order valence-electron chi connectivity index (χ1n) is 2.37. The smallest absolute Gasteiger partial charge is 0.323 e. The van der Waals surface area contributed by atoms with Gasteiger partial charge < -0.3 is 10.8 Å². The number of aromatic hydroxyl groups is 1. The van der Waals surface area contributed by atoms with Crippen molar-refractivity contribution in [2.24, 2.45) is 5.73 Å². The van der Waals surface area contributed by atoms with E-state index < -0.39 is 6.03 Å². The van der Waals surface area contributed by atoms with Crippen LogP contribution in [0.1, 0.15) is 0 Å². The summed E-state index contributed by atoms with van der Waals surface area (Å²) in [5.41, 5.74) is 4.84. The minimum absolute atomic E-state index is 0.0359. The van der Waals surface area contributed by atoms with Gasteiger partial charge in [-0.2, -0.15) is 0 Å². The summed E-state index contributed by atoms with van der Waals surface area (Å²) in [6, 6.07) is 0.778. The van der Waals surface area contributed by atoms with E-state index in [9.17, 15) is 4.79 Å². The molecule has 0 aromatic carbocycles. The fourth-order valence-electron chi connectivity index (χ4n) is 0.522. The van der Waals surface area contributed by atoms with E-state index in [-0.39, 0.29) is 5.75 Å². The van der Waals surface area contributed by atoms with Crippen LogP contribution in [0.3, 0.4) is 0 Å². The summed E-state index contributed by atoms with van der Waals surface area (Å²) in [5.74, 6) is 0.0359. The molecule has 0 saturated carbocycles. The molecule has 1 amide bonds. The van der Waals surface area contributed by atoms with Crippen LogP contribution in [0.25, 0.3) is 0 Å². The van der Waals surface area contributed by atoms with Crippen molar-refractivity contribution >= 4 is 6.03 Å². The molecular formula is C5H6N2O2. The average molecular weight is 126 g/mol. The number of aromatic nitrogens is 1. The van der Waals surface area contributed by atoms with E-state index in [0.717, 1.165) is 4.57 Å². The molecule has 0 bridgehead atoms. The van der Waals surface area contributed by atoms with E-state index in [2.05, 4.69) is 0 Å². The van der Waals surface area contributed by atoms with Crippen molar-refractivity contribution in [3.8, 4) is 5.75 Å². The second-order valence-electron chi connectivity index (χ2n) is 1.62. The van der Waals surface area contributed by atoms with Crippen LogP contribution in [0.4, 0.5) is 4.79 Å². The molecule has 0 saturated heterocycles. The van der Waals surface area contributed by atoms with Gasteiger partial charge in [-0.25, -0.2) is 4.79 Å². The maximum Gasteiger partial charge on any atom is 0.323 e. The number of primary amides is 1. The maximum absolute atomic E-state index is 10.3. The van der Waals surface area contributed by atoms with Gasteiger partial charge in [-0.3, -0.25) is 4.57 Å². The monoisotopic (exact) mass is 126 g/mol. The van der Waals surface area contributed by atoms with Crippen LogP contribution in [0.5, 0.6) is 5.75 Å². The van der Waals surface area contributed by atoms with Crippen LogP contribution < -0.4 is 5.73 Å². The summed E-state index contributed by atoms with van der Waals surface area (Å²) in [5, 5.41) is 8.67. The molecule has 0 unspecified atom stereocenters. The molecule has 0 fully saturated rings. The van der Waals surface area contributed by atoms with Crippen LogP contribution in [0.2, 0.25) is 0 Å². The normalized spacial score (nSPS) is 9.33. The van der Waals surface area contributed by atoms with Crippen molar-refractivity contribution in [1.29, 1.82) is 0 Å². The largest absolute Gasteiger partial charge is 0.506 e. The standard InChI is InChI=1S/C5H6N2O2/c6-5(9)7-2-1-4(8)3-7/h1-3,8H,(H2,6,9). The van der Waals surface area contributed by atoms with Crippen LogP contribution >= 0.6 is 0 Å². The lowest BCUT2D eigenvalue weighted by Gasteiger charge is -1.89. The van der Waals surface area contributed by atoms with Crippen molar-refractivity contribution < 1.29 is 9.90 Å². The molecule has 0 aliphatic carbocycles. The van der Waals surface area contributed by atoms with Gasteiger partial charge in [0.15, 0.2) is 0 Å². The Hall–Kier alpha value is -1.45. The summed E-state index contributed by atoms with van der Waals surface area (Å²) >= 11 is 0. The fraction of sp³-hybridized carbons (Fsp3) is 0. The van der Waals surface area contributed by atoms with Gasteiger partial charge in [-0.15, -0.1) is 0 Å². The lowest BCUT2D eigenvalue weighted by molar-refractivity contribution is 0.250. The van der Waals surface area contributed by atoms with Crippen LogP contribution in [-0.4, -0.2) is 15.7 Å². The average Bonchev–Trinajstić information content (AvgIpc) is 2.14. The highest BCUT2D eigenvalue weighted by molar-refractivity contribution is 5.75. The molecule has 1 aromatic heterocycles. The van der Waals surface area contributed by atoms with Gasteiger partial charge >= 0.3 is 6.03 Å². The zero-order chi connectivity index (χ0) is 6.85. The molecule has 48 valence electrons. The highest BCUT2D eigenvalue weighted by Crippen LogP contribution is 2.05. The van der Waals surface area contributed by atoms with Gasteiger partial charge in [-0.1, -0.05) is 0 Å². The lowest BCUT2D eigenvalue weighted by Crippen LogP contribution is -2.17. The molecule has 0 aliphatic heterocycles. The molecule has 1 heterocycles. The first-order valence-corrected chi connectivity index (χ1v) is 2.37. The third-order valence-electron chi connectivity index (χ3n) is 0.932. The number of amides is 1. The zero-order valence-electron chi connectivity index (χ0n) is 4.61. The fourth-order valence-corrected chi connectivity index (χ4v) is 0.522. The molecule has 0 radical (unpaired) electrons. The number of nitrogens with zero attached hydrogens (tertiary/aromatic N) is 1. The van der Waals surface area contributed by atoms with Gasteiger partial charge in [0.05, 0.1) is 6.20 Å². The van der Waals surface area contributed by atoms with Crippen molar-refractivity contribution in [1.82, 2.24) is 4.57 Å². The Bertz CT molecular complexity index is 229. The van der Waals surface area contributed by atoms with Crippen molar-refractivity contribution in [2.75, 3.05) is 0 Å². The van der Waals surface area contributed by atoms with Crippen molar-refractivity contribution in [3.63, 3.8) is 0 Å². The minimum atomic E-state index is -0.602. The van der Waals surface area contributed by atoms with Crippen LogP contribution in [0.15, 0.2) is 18.5 Å². The number of nitrogens with two attached hydrogens (primary N) is 1. The molecule has 0 atom stereocenters. The Kier molecular flexibility index (Phi) is 1.14. The lowest BCUT2D eigenvalue weighted by atomic mass is 10.6. The Morgan fingerprint density at radius 2 is 2.44 bits per heavy atom. The molecule has 1 rings (SSSR count). The summed E-state index contributed by atoms with van der Waals surface area (Å²) in [4.78, 5) is 10.3. The maximum atomic E-state index is 10.3. The van der Waals surface area contributed by atoms with E-state index in [1.165, 1.54) is 18.5 Å². The van der Waals surface area contributed by atoms with Crippen molar-refractivity contribution in [3.05, 3.63) is 18.5 Å². The third-order valence-corrected chi connectivity index (χ3v) is 0.932. The van der Waals surface area contributed by atoms with Crippen molar-refractivity contribution in [2.45, 2.75) is 0 Å². The summed E-state index contributed by atoms with van der Waals surface area (Å²) in [6.07, 6.45) is 2.62. The van der Waals surface area contributed by atoms with E-state index in [1.807, 2.05) is 0 Å². The number of carbonyl (C=O) groups is 1. The van der Waals surface area contributed by atoms with E-state index >= 15 is 0 Å². The molecule has 0 aliphatic rings. The molecule has 0 spiro atoms. The number of carbonyl (C=O) groups excluding carboxylic acids is 1. The van der Waals surface area contributed by atoms with Gasteiger partial charge in [0.25, 0.3) is 0 Å². The Morgan fingerprint density at radius 1 is 1.78 bits per heavy atom. The van der Waals surface area contributed by atoms with Gasteiger partial charge in [-0.05, 0) is 6.07 Å². The Labute approximate surface area is 51.5 Å². The Balaban J connectivity index is 2.98. The predicted octanol–water partition coefficient (Wildman–Crippen LogP) is 0.121. The topological polar surface area (TPSA) is 68.2 Å². The zero-order valence-corrected chi connectivity index (χ0v) is 4.61. The highest BCUT2D eigenvalue weighted by atomic mass is 16.3. The van der Waals surface area contributed by atoms with E-state index in [1.54, 1.807) is 0 Å². The third kappa shape index (κ3) is 1.02. The van der Waals surface area contributed by atoms with Crippen LogP contribution in [-0.2, 0) is 0 Å². The first kappa shape index (κ1) is 5.68. The molecule has 1 aromatic rings. The molecule has 9 heavy (non-hydrogen) atoms. The van der Waals surface area contributed by atoms with Gasteiger partial charge in [0.2, 0.25) is 0 Å². The number of hydrogen-bond acceptors (Lipinski definition) is 2. The van der Waals surface area contributed by atoms with Gasteiger partial charge in [0.1, 0.15) is 5.75 Å². The second kappa shape index (κ2) is 1.81. The van der Waals surface area contributed by atoms with E-state index in [4.69, 9.17) is 10.8 Å². The van der Waals surface area contributed by atoms with Crippen LogP contribution in [0, 0.1) is 0 Å². The quantitative estimate of drug-likeness (QED) is 0.518. The second-order valence-corrected chi connectivity index (χ2v) is 1.62. The summed E-state index contributed by atoms with van der Waals surface area (Å²) < 4.78 is 1.09. The number of rotatable bonds is 0. The predicted molar refractivity (Wildman–Crippen MR) is 31.1 cm³/mol. The Morgan fingerprint density at radius 3 is 2.67 bits per heavy atom. The minimum Gasteiger partial charge on any atom is -0.506 e. The molecule has 4 heteroatoms. The summed E-state index contributed by atoms with van der Waals surface area (Å²) in [6.45, 7) is 0. The molecule has 3 N–H and O–H groups in total. The summed E-state index contributed by atoms with van der Waals surface area (Å²) in [7, 11) is 0. The molecular weight excluding hydrogens is 120 g/mol. The van der Waals surface area contributed by atoms with E-state index in [0.29, 0.717) is 0 Å². The number of hydrogen-bond donors (Lipinski definition) is 2. The highest BCUT2D eigenvalue weighted by Gasteiger charge is 1.96.